The minimum Gasteiger partial charge on any atom is -0.463 e. The predicted octanol–water partition coefficient (Wildman–Crippen LogP) is 2.18. The van der Waals surface area contributed by atoms with Crippen LogP contribution in [-0.4, -0.2) is 28.1 Å². The van der Waals surface area contributed by atoms with Gasteiger partial charge in [0.2, 0.25) is 11.9 Å². The van der Waals surface area contributed by atoms with Crippen molar-refractivity contribution in [2.75, 3.05) is 23.9 Å². The van der Waals surface area contributed by atoms with E-state index in [1.54, 1.807) is 0 Å². The molecule has 1 heterocycles. The third kappa shape index (κ3) is 4.70. The topological polar surface area (TPSA) is 98.0 Å². The number of hydrazine groups is 1. The Hall–Kier alpha value is -1.63. The number of aromatic nitrogens is 3. The normalized spacial score (nSPS) is 21.9. The van der Waals surface area contributed by atoms with Crippen molar-refractivity contribution in [2.45, 2.75) is 46.0 Å². The Morgan fingerprint density at radius 2 is 1.95 bits per heavy atom. The lowest BCUT2D eigenvalue weighted by atomic mass is 9.80. The summed E-state index contributed by atoms with van der Waals surface area (Å²) in [6.07, 6.45) is 6.14. The summed E-state index contributed by atoms with van der Waals surface area (Å²) in [4.78, 5) is 12.6. The summed E-state index contributed by atoms with van der Waals surface area (Å²) in [6, 6.07) is 0.305. The molecule has 0 aliphatic heterocycles. The number of anilines is 2. The van der Waals surface area contributed by atoms with Crippen LogP contribution in [0.1, 0.15) is 46.0 Å². The monoisotopic (exact) mass is 294 g/mol. The zero-order valence-electron chi connectivity index (χ0n) is 12.9. The van der Waals surface area contributed by atoms with Gasteiger partial charge in [0.25, 0.3) is 0 Å². The summed E-state index contributed by atoms with van der Waals surface area (Å²) < 4.78 is 5.45. The Morgan fingerprint density at radius 1 is 1.19 bits per heavy atom. The third-order valence-corrected chi connectivity index (χ3v) is 3.99. The van der Waals surface area contributed by atoms with Gasteiger partial charge in [-0.15, -0.1) is 0 Å². The second-order valence-corrected chi connectivity index (χ2v) is 5.66. The van der Waals surface area contributed by atoms with Crippen LogP contribution in [-0.2, 0) is 0 Å². The van der Waals surface area contributed by atoms with Crippen molar-refractivity contribution >= 4 is 11.9 Å². The number of ether oxygens (including phenoxy) is 1. The van der Waals surface area contributed by atoms with Crippen molar-refractivity contribution in [1.82, 2.24) is 15.0 Å². The fourth-order valence-electron chi connectivity index (χ4n) is 2.68. The molecule has 1 saturated carbocycles. The fraction of sp³-hybridized carbons (Fsp3) is 0.786. The molecule has 7 nitrogen and oxygen atoms in total. The van der Waals surface area contributed by atoms with E-state index < -0.39 is 0 Å². The molecular weight excluding hydrogens is 268 g/mol. The molecule has 1 aromatic rings. The van der Waals surface area contributed by atoms with Crippen LogP contribution in [0.5, 0.6) is 6.01 Å². The number of nitrogens with two attached hydrogens (primary N) is 1. The summed E-state index contributed by atoms with van der Waals surface area (Å²) in [5.74, 6) is 7.64. The second kappa shape index (κ2) is 7.97. The summed E-state index contributed by atoms with van der Waals surface area (Å²) >= 11 is 0. The van der Waals surface area contributed by atoms with Crippen LogP contribution in [0.4, 0.5) is 11.9 Å². The van der Waals surface area contributed by atoms with E-state index in [1.165, 1.54) is 25.7 Å². The van der Waals surface area contributed by atoms with Crippen molar-refractivity contribution in [2.24, 2.45) is 17.7 Å². The summed E-state index contributed by atoms with van der Waals surface area (Å²) in [5.41, 5.74) is 2.45. The van der Waals surface area contributed by atoms with Crippen molar-refractivity contribution in [3.05, 3.63) is 0 Å². The highest BCUT2D eigenvalue weighted by molar-refractivity contribution is 5.34. The molecule has 1 aromatic heterocycles. The number of nitrogens with one attached hydrogen (secondary N) is 2. The average Bonchev–Trinajstić information content (AvgIpc) is 2.52. The Balaban J connectivity index is 1.97. The van der Waals surface area contributed by atoms with E-state index in [2.05, 4.69) is 32.6 Å². The largest absolute Gasteiger partial charge is 0.463 e. The van der Waals surface area contributed by atoms with E-state index in [1.807, 2.05) is 6.92 Å². The van der Waals surface area contributed by atoms with Gasteiger partial charge < -0.3 is 10.1 Å². The number of nitrogens with zero attached hydrogens (tertiary/aromatic N) is 3. The molecule has 1 aliphatic carbocycles. The van der Waals surface area contributed by atoms with Crippen molar-refractivity contribution in [3.8, 4) is 6.01 Å². The van der Waals surface area contributed by atoms with Crippen molar-refractivity contribution in [3.63, 3.8) is 0 Å². The predicted molar refractivity (Wildman–Crippen MR) is 83.0 cm³/mol. The second-order valence-electron chi connectivity index (χ2n) is 5.66. The average molecular weight is 294 g/mol. The van der Waals surface area contributed by atoms with Gasteiger partial charge in [0.05, 0.1) is 6.61 Å². The zero-order chi connectivity index (χ0) is 15.1. The Kier molecular flexibility index (Phi) is 5.98. The molecular formula is C14H26N6O. The molecule has 21 heavy (non-hydrogen) atoms. The number of nitrogen functional groups attached to an aromatic ring is 1. The maximum atomic E-state index is 5.45. The molecule has 0 aromatic carbocycles. The standard InChI is InChI=1S/C14H26N6O/c1-3-8-21-14-18-12(17-13(19-14)20-15)16-9-11-7-5-4-6-10(11)2/h10-11H,3-9,15H2,1-2H3,(H2,16,17,18,19,20). The first-order valence-electron chi connectivity index (χ1n) is 7.82. The van der Waals surface area contributed by atoms with Crippen LogP contribution in [0.25, 0.3) is 0 Å². The summed E-state index contributed by atoms with van der Waals surface area (Å²) in [7, 11) is 0. The highest BCUT2D eigenvalue weighted by Crippen LogP contribution is 2.29. The molecule has 1 fully saturated rings. The zero-order valence-corrected chi connectivity index (χ0v) is 12.9. The molecule has 7 heteroatoms. The Labute approximate surface area is 126 Å². The van der Waals surface area contributed by atoms with Crippen LogP contribution in [0.3, 0.4) is 0 Å². The lowest BCUT2D eigenvalue weighted by molar-refractivity contribution is 0.268. The Bertz CT molecular complexity index is 441. The Morgan fingerprint density at radius 3 is 2.67 bits per heavy atom. The van der Waals surface area contributed by atoms with Crippen molar-refractivity contribution in [1.29, 1.82) is 0 Å². The van der Waals surface area contributed by atoms with E-state index in [0.717, 1.165) is 18.9 Å². The molecule has 0 radical (unpaired) electrons. The van der Waals surface area contributed by atoms with Crippen LogP contribution in [0.15, 0.2) is 0 Å². The van der Waals surface area contributed by atoms with Gasteiger partial charge in [0.15, 0.2) is 0 Å². The van der Waals surface area contributed by atoms with Crippen LogP contribution in [0, 0.1) is 11.8 Å². The van der Waals surface area contributed by atoms with Gasteiger partial charge in [0, 0.05) is 6.54 Å². The van der Waals surface area contributed by atoms with Gasteiger partial charge in [-0.3, -0.25) is 5.43 Å². The minimum absolute atomic E-state index is 0.305. The molecule has 0 amide bonds. The first kappa shape index (κ1) is 15.8. The molecule has 118 valence electrons. The number of hydrogen-bond acceptors (Lipinski definition) is 7. The van der Waals surface area contributed by atoms with E-state index in [-0.39, 0.29) is 0 Å². The molecule has 4 N–H and O–H groups in total. The van der Waals surface area contributed by atoms with Crippen LogP contribution < -0.4 is 21.3 Å². The molecule has 1 aliphatic rings. The van der Waals surface area contributed by atoms with Gasteiger partial charge in [0.1, 0.15) is 0 Å². The fourth-order valence-corrected chi connectivity index (χ4v) is 2.68. The van der Waals surface area contributed by atoms with E-state index >= 15 is 0 Å². The van der Waals surface area contributed by atoms with E-state index in [9.17, 15) is 0 Å². The smallest absolute Gasteiger partial charge is 0.323 e. The molecule has 2 unspecified atom stereocenters. The van der Waals surface area contributed by atoms with Gasteiger partial charge in [-0.1, -0.05) is 33.1 Å². The van der Waals surface area contributed by atoms with Crippen molar-refractivity contribution < 1.29 is 4.74 Å². The SMILES string of the molecule is CCCOc1nc(NN)nc(NCC2CCCCC2C)n1. The maximum absolute atomic E-state index is 5.45. The highest BCUT2D eigenvalue weighted by Gasteiger charge is 2.21. The molecule has 0 spiro atoms. The van der Waals surface area contributed by atoms with Gasteiger partial charge >= 0.3 is 6.01 Å². The lowest BCUT2D eigenvalue weighted by Crippen LogP contribution is -2.25. The quantitative estimate of drug-likeness (QED) is 0.523. The molecule has 2 rings (SSSR count). The van der Waals surface area contributed by atoms with Crippen LogP contribution >= 0.6 is 0 Å². The summed E-state index contributed by atoms with van der Waals surface area (Å²) in [6.45, 7) is 5.81. The van der Waals surface area contributed by atoms with Crippen LogP contribution in [0.2, 0.25) is 0 Å². The van der Waals surface area contributed by atoms with Gasteiger partial charge in [-0.25, -0.2) is 5.84 Å². The number of hydrogen-bond donors (Lipinski definition) is 3. The lowest BCUT2D eigenvalue weighted by Gasteiger charge is -2.28. The van der Waals surface area contributed by atoms with E-state index in [4.69, 9.17) is 10.6 Å². The maximum Gasteiger partial charge on any atom is 0.323 e. The number of rotatable bonds is 7. The molecule has 2 atom stereocenters. The highest BCUT2D eigenvalue weighted by atomic mass is 16.5. The van der Waals surface area contributed by atoms with Gasteiger partial charge in [-0.2, -0.15) is 15.0 Å². The molecule has 0 saturated heterocycles. The van der Waals surface area contributed by atoms with E-state index in [0.29, 0.717) is 30.4 Å². The first-order valence-corrected chi connectivity index (χ1v) is 7.82. The summed E-state index contributed by atoms with van der Waals surface area (Å²) in [5, 5.41) is 3.30. The van der Waals surface area contributed by atoms with Gasteiger partial charge in [-0.05, 0) is 24.7 Å². The third-order valence-electron chi connectivity index (χ3n) is 3.99. The molecule has 0 bridgehead atoms. The first-order chi connectivity index (χ1) is 10.2. The minimum atomic E-state index is 0.305.